The zero-order valence-electron chi connectivity index (χ0n) is 22.9. The molecule has 1 saturated carbocycles. The molecule has 1 amide bonds. The monoisotopic (exact) mass is 557 g/mol. The van der Waals surface area contributed by atoms with Crippen LogP contribution in [-0.4, -0.2) is 53.7 Å². The minimum absolute atomic E-state index is 0.115. The predicted molar refractivity (Wildman–Crippen MR) is 156 cm³/mol. The number of carbonyl (C=O) groups is 1. The molecule has 5 aromatic rings. The van der Waals surface area contributed by atoms with Crippen LogP contribution >= 0.6 is 0 Å². The van der Waals surface area contributed by atoms with Crippen molar-refractivity contribution in [2.75, 3.05) is 13.1 Å². The van der Waals surface area contributed by atoms with E-state index in [0.29, 0.717) is 25.3 Å². The van der Waals surface area contributed by atoms with Crippen LogP contribution in [0.15, 0.2) is 85.2 Å². The van der Waals surface area contributed by atoms with Crippen molar-refractivity contribution in [2.45, 2.75) is 37.0 Å². The number of aromatic nitrogens is 6. The number of fused-ring (bicyclic) bond motifs is 2. The van der Waals surface area contributed by atoms with Gasteiger partial charge in [0.2, 0.25) is 5.91 Å². The van der Waals surface area contributed by atoms with Crippen LogP contribution < -0.4 is 0 Å². The van der Waals surface area contributed by atoms with E-state index < -0.39 is 0 Å². The lowest BCUT2D eigenvalue weighted by molar-refractivity contribution is -0.132. The first-order valence-electron chi connectivity index (χ1n) is 14.4. The molecule has 2 aliphatic carbocycles. The molecule has 0 bridgehead atoms. The van der Waals surface area contributed by atoms with E-state index in [-0.39, 0.29) is 29.0 Å². The standard InChI is InChI=1S/C33H28FN7O/c34-27-5-1-3-23(18-27)25-12-16-40(20-25)30(42)22-8-6-21(7-9-22)29-19-36-32-38-37-31(41(32)39-29)33(13-14-33)26-10-11-28-24(17-26)4-2-15-35-28/h1-8,10-11,15,17-19,22,25H,9,12-14,16,20H2. The van der Waals surface area contributed by atoms with Gasteiger partial charge in [-0.05, 0) is 72.7 Å². The zero-order chi connectivity index (χ0) is 28.3. The second kappa shape index (κ2) is 9.65. The second-order valence-electron chi connectivity index (χ2n) is 11.6. The van der Waals surface area contributed by atoms with Gasteiger partial charge in [0.15, 0.2) is 5.82 Å². The number of pyridine rings is 1. The summed E-state index contributed by atoms with van der Waals surface area (Å²) in [6.07, 6.45) is 12.9. The Labute approximate surface area is 241 Å². The molecule has 4 heterocycles. The van der Waals surface area contributed by atoms with Crippen LogP contribution in [0.1, 0.15) is 54.2 Å². The van der Waals surface area contributed by atoms with Gasteiger partial charge in [-0.1, -0.05) is 42.5 Å². The van der Waals surface area contributed by atoms with Gasteiger partial charge >= 0.3 is 0 Å². The number of likely N-dealkylation sites (tertiary alicyclic amines) is 1. The minimum Gasteiger partial charge on any atom is -0.342 e. The van der Waals surface area contributed by atoms with Crippen LogP contribution in [0.25, 0.3) is 22.3 Å². The molecule has 2 atom stereocenters. The minimum atomic E-state index is -0.246. The molecular formula is C33H28FN7O. The molecule has 0 N–H and O–H groups in total. The summed E-state index contributed by atoms with van der Waals surface area (Å²) in [6, 6.07) is 17.1. The lowest BCUT2D eigenvalue weighted by Gasteiger charge is -2.23. The summed E-state index contributed by atoms with van der Waals surface area (Å²) < 4.78 is 15.5. The van der Waals surface area contributed by atoms with Crippen LogP contribution in [0.3, 0.4) is 0 Å². The Hall–Kier alpha value is -4.79. The third-order valence-electron chi connectivity index (χ3n) is 9.00. The second-order valence-corrected chi connectivity index (χ2v) is 11.6. The Balaban J connectivity index is 1.01. The third kappa shape index (κ3) is 4.19. The number of amides is 1. The zero-order valence-corrected chi connectivity index (χ0v) is 22.9. The highest BCUT2D eigenvalue weighted by Crippen LogP contribution is 2.53. The van der Waals surface area contributed by atoms with E-state index >= 15 is 0 Å². The van der Waals surface area contributed by atoms with Crippen molar-refractivity contribution in [3.63, 3.8) is 0 Å². The fourth-order valence-corrected chi connectivity index (χ4v) is 6.49. The number of benzene rings is 2. The van der Waals surface area contributed by atoms with Crippen molar-refractivity contribution in [3.8, 4) is 0 Å². The van der Waals surface area contributed by atoms with Crippen LogP contribution in [0.5, 0.6) is 0 Å². The van der Waals surface area contributed by atoms with Gasteiger partial charge < -0.3 is 4.90 Å². The van der Waals surface area contributed by atoms with Gasteiger partial charge in [-0.15, -0.1) is 10.2 Å². The van der Waals surface area contributed by atoms with Crippen molar-refractivity contribution >= 4 is 28.2 Å². The quantitative estimate of drug-likeness (QED) is 0.293. The van der Waals surface area contributed by atoms with Gasteiger partial charge in [0.25, 0.3) is 5.78 Å². The van der Waals surface area contributed by atoms with E-state index in [1.165, 1.54) is 11.6 Å². The first-order chi connectivity index (χ1) is 20.6. The van der Waals surface area contributed by atoms with Crippen molar-refractivity contribution in [1.82, 2.24) is 34.7 Å². The molecule has 42 heavy (non-hydrogen) atoms. The first kappa shape index (κ1) is 25.0. The molecule has 0 radical (unpaired) electrons. The topological polar surface area (TPSA) is 89.2 Å². The molecule has 1 aliphatic heterocycles. The molecule has 2 aromatic carbocycles. The number of hydrogen-bond acceptors (Lipinski definition) is 6. The van der Waals surface area contributed by atoms with Gasteiger partial charge in [0.1, 0.15) is 11.5 Å². The van der Waals surface area contributed by atoms with Crippen LogP contribution in [-0.2, 0) is 10.2 Å². The maximum Gasteiger partial charge on any atom is 0.271 e. The molecule has 3 aromatic heterocycles. The molecule has 8 nitrogen and oxygen atoms in total. The van der Waals surface area contributed by atoms with Crippen LogP contribution in [0.4, 0.5) is 4.39 Å². The van der Waals surface area contributed by atoms with E-state index in [2.05, 4.69) is 50.5 Å². The van der Waals surface area contributed by atoms with Gasteiger partial charge in [-0.3, -0.25) is 9.78 Å². The van der Waals surface area contributed by atoms with E-state index in [9.17, 15) is 9.18 Å². The normalized spacial score (nSPS) is 21.2. The van der Waals surface area contributed by atoms with E-state index in [1.807, 2.05) is 35.4 Å². The van der Waals surface area contributed by atoms with Gasteiger partial charge in [-0.25, -0.2) is 9.37 Å². The van der Waals surface area contributed by atoms with Crippen molar-refractivity contribution in [2.24, 2.45) is 5.92 Å². The number of nitrogens with zero attached hydrogens (tertiary/aromatic N) is 7. The lowest BCUT2D eigenvalue weighted by atomic mass is 9.93. The summed E-state index contributed by atoms with van der Waals surface area (Å²) in [4.78, 5) is 24.3. The van der Waals surface area contributed by atoms with E-state index in [4.69, 9.17) is 5.10 Å². The molecule has 0 spiro atoms. The Kier molecular flexibility index (Phi) is 5.73. The molecule has 208 valence electrons. The molecule has 3 aliphatic rings. The van der Waals surface area contributed by atoms with E-state index in [1.54, 1.807) is 22.8 Å². The largest absolute Gasteiger partial charge is 0.342 e. The predicted octanol–water partition coefficient (Wildman–Crippen LogP) is 5.26. The van der Waals surface area contributed by atoms with Crippen LogP contribution in [0, 0.1) is 11.7 Å². The number of hydrogen-bond donors (Lipinski definition) is 0. The number of rotatable bonds is 5. The molecular weight excluding hydrogens is 529 g/mol. The summed E-state index contributed by atoms with van der Waals surface area (Å²) in [5, 5.41) is 14.9. The van der Waals surface area contributed by atoms with Gasteiger partial charge in [0, 0.05) is 30.6 Å². The highest BCUT2D eigenvalue weighted by atomic mass is 19.1. The summed E-state index contributed by atoms with van der Waals surface area (Å²) >= 11 is 0. The smallest absolute Gasteiger partial charge is 0.271 e. The maximum absolute atomic E-state index is 13.7. The SMILES string of the molecule is O=C(C1C=CC(c2cnc3nnc(C4(c5ccc6ncccc6c5)CC4)n3n2)=CC1)N1CCC(c2cccc(F)c2)C1. The van der Waals surface area contributed by atoms with Gasteiger partial charge in [-0.2, -0.15) is 9.61 Å². The Morgan fingerprint density at radius 3 is 2.79 bits per heavy atom. The Bertz CT molecular complexity index is 1920. The number of halogens is 1. The highest BCUT2D eigenvalue weighted by molar-refractivity contribution is 5.84. The summed E-state index contributed by atoms with van der Waals surface area (Å²) in [5.41, 5.74) is 4.51. The summed E-state index contributed by atoms with van der Waals surface area (Å²) in [5.74, 6) is 1.10. The Morgan fingerprint density at radius 1 is 1.02 bits per heavy atom. The highest BCUT2D eigenvalue weighted by Gasteiger charge is 2.50. The molecule has 1 saturated heterocycles. The van der Waals surface area contributed by atoms with Gasteiger partial charge in [0.05, 0.1) is 23.0 Å². The molecule has 2 fully saturated rings. The molecule has 9 heteroatoms. The summed E-state index contributed by atoms with van der Waals surface area (Å²) in [7, 11) is 0. The average Bonchev–Trinajstić information content (AvgIpc) is 3.48. The first-order valence-corrected chi connectivity index (χ1v) is 14.4. The van der Waals surface area contributed by atoms with Crippen LogP contribution in [0.2, 0.25) is 0 Å². The van der Waals surface area contributed by atoms with E-state index in [0.717, 1.165) is 52.8 Å². The van der Waals surface area contributed by atoms with Crippen molar-refractivity contribution < 1.29 is 9.18 Å². The van der Waals surface area contributed by atoms with Crippen molar-refractivity contribution in [1.29, 1.82) is 0 Å². The van der Waals surface area contributed by atoms with Crippen molar-refractivity contribution in [3.05, 3.63) is 114 Å². The average molecular weight is 558 g/mol. The molecule has 2 unspecified atom stereocenters. The lowest BCUT2D eigenvalue weighted by Crippen LogP contribution is -2.33. The molecule has 8 rings (SSSR count). The Morgan fingerprint density at radius 2 is 1.95 bits per heavy atom. The maximum atomic E-state index is 13.7. The summed E-state index contributed by atoms with van der Waals surface area (Å²) in [6.45, 7) is 1.31. The fraction of sp³-hybridized carbons (Fsp3) is 0.273. The number of allylic oxidation sites excluding steroid dienone is 3. The fourth-order valence-electron chi connectivity index (χ4n) is 6.49. The third-order valence-corrected chi connectivity index (χ3v) is 9.00. The number of carbonyl (C=O) groups excluding carboxylic acids is 1.